The molecule has 0 saturated heterocycles. The molecule has 1 N–H and O–H groups in total. The summed E-state index contributed by atoms with van der Waals surface area (Å²) in [6.07, 6.45) is 2.16. The Labute approximate surface area is 201 Å². The van der Waals surface area contributed by atoms with Crippen LogP contribution in [-0.4, -0.2) is 38.9 Å². The molecular weight excluding hydrogens is 446 g/mol. The van der Waals surface area contributed by atoms with E-state index in [9.17, 15) is 14.4 Å². The lowest BCUT2D eigenvalue weighted by molar-refractivity contribution is 0.0944. The number of methoxy groups -OCH3 is 1. The molecule has 1 amide bonds. The second kappa shape index (κ2) is 10.6. The quantitative estimate of drug-likeness (QED) is 0.422. The lowest BCUT2D eigenvalue weighted by Gasteiger charge is -2.13. The van der Waals surface area contributed by atoms with Crippen molar-refractivity contribution in [1.29, 1.82) is 0 Å². The molecule has 9 nitrogen and oxygen atoms in total. The van der Waals surface area contributed by atoms with Gasteiger partial charge in [-0.1, -0.05) is 35.9 Å². The van der Waals surface area contributed by atoms with Gasteiger partial charge in [-0.2, -0.15) is 9.78 Å². The van der Waals surface area contributed by atoms with Crippen molar-refractivity contribution in [1.82, 2.24) is 24.6 Å². The lowest BCUT2D eigenvalue weighted by Crippen LogP contribution is -2.46. The fourth-order valence-electron chi connectivity index (χ4n) is 3.50. The molecule has 0 bridgehead atoms. The predicted octanol–water partition coefficient (Wildman–Crippen LogP) is 2.13. The van der Waals surface area contributed by atoms with Crippen molar-refractivity contribution in [2.45, 2.75) is 19.9 Å². The number of pyridine rings is 1. The van der Waals surface area contributed by atoms with Gasteiger partial charge in [-0.05, 0) is 48.9 Å². The second-order valence-corrected chi connectivity index (χ2v) is 7.94. The van der Waals surface area contributed by atoms with Crippen LogP contribution in [0.15, 0.2) is 82.5 Å². The number of carbonyl (C=O) groups is 1. The van der Waals surface area contributed by atoms with Crippen LogP contribution in [0.5, 0.6) is 5.75 Å². The Morgan fingerprint density at radius 3 is 2.40 bits per heavy atom. The van der Waals surface area contributed by atoms with Crippen molar-refractivity contribution in [2.75, 3.05) is 13.7 Å². The molecule has 0 fully saturated rings. The Bertz CT molecular complexity index is 1430. The van der Waals surface area contributed by atoms with E-state index >= 15 is 0 Å². The molecule has 0 spiro atoms. The predicted molar refractivity (Wildman–Crippen MR) is 131 cm³/mol. The summed E-state index contributed by atoms with van der Waals surface area (Å²) >= 11 is 0. The highest BCUT2D eigenvalue weighted by atomic mass is 16.5. The van der Waals surface area contributed by atoms with Crippen molar-refractivity contribution in [3.8, 4) is 11.4 Å². The fourth-order valence-corrected chi connectivity index (χ4v) is 3.50. The highest BCUT2D eigenvalue weighted by molar-refractivity contribution is 5.91. The number of aromatic nitrogens is 4. The first kappa shape index (κ1) is 23.6. The molecule has 4 rings (SSSR count). The third-order valence-corrected chi connectivity index (χ3v) is 5.45. The molecule has 2 aromatic carbocycles. The summed E-state index contributed by atoms with van der Waals surface area (Å²) in [5.74, 6) is -0.0619. The summed E-state index contributed by atoms with van der Waals surface area (Å²) in [6.45, 7) is 2.22. The minimum Gasteiger partial charge on any atom is -0.497 e. The number of amides is 1. The standard InChI is InChI=1S/C26H25N5O4/c1-18-6-8-19(9-7-18)17-30-25(33)23(24(32)28-16-14-20-5-3-4-15-27-20)29-31(26(30)34)21-10-12-22(35-2)13-11-21/h3-13,15H,14,16-17H2,1-2H3,(H,28,32). The minimum atomic E-state index is -0.754. The van der Waals surface area contributed by atoms with Crippen molar-refractivity contribution < 1.29 is 9.53 Å². The van der Waals surface area contributed by atoms with E-state index < -0.39 is 17.2 Å². The van der Waals surface area contributed by atoms with Gasteiger partial charge in [-0.3, -0.25) is 19.1 Å². The molecule has 9 heteroatoms. The van der Waals surface area contributed by atoms with E-state index in [0.717, 1.165) is 26.1 Å². The van der Waals surface area contributed by atoms with Gasteiger partial charge < -0.3 is 10.1 Å². The largest absolute Gasteiger partial charge is 0.497 e. The van der Waals surface area contributed by atoms with Crippen LogP contribution in [-0.2, 0) is 13.0 Å². The third kappa shape index (κ3) is 5.52. The fraction of sp³-hybridized carbons (Fsp3) is 0.192. The molecule has 2 heterocycles. The third-order valence-electron chi connectivity index (χ3n) is 5.45. The number of nitrogens with zero attached hydrogens (tertiary/aromatic N) is 4. The van der Waals surface area contributed by atoms with E-state index in [0.29, 0.717) is 17.9 Å². The van der Waals surface area contributed by atoms with Crippen molar-refractivity contribution in [3.63, 3.8) is 0 Å². The number of aryl methyl sites for hydroxylation is 1. The summed E-state index contributed by atoms with van der Waals surface area (Å²) < 4.78 is 7.26. The highest BCUT2D eigenvalue weighted by Gasteiger charge is 2.20. The number of nitrogens with one attached hydrogen (secondary N) is 1. The maximum absolute atomic E-state index is 13.3. The summed E-state index contributed by atoms with van der Waals surface area (Å²) in [6, 6.07) is 19.6. The molecule has 0 saturated carbocycles. The van der Waals surface area contributed by atoms with Gasteiger partial charge in [0.15, 0.2) is 0 Å². The molecule has 0 aliphatic rings. The van der Waals surface area contributed by atoms with Crippen LogP contribution in [0.2, 0.25) is 0 Å². The molecule has 4 aromatic rings. The maximum Gasteiger partial charge on any atom is 0.352 e. The summed E-state index contributed by atoms with van der Waals surface area (Å²) in [5, 5.41) is 6.85. The maximum atomic E-state index is 13.3. The van der Waals surface area contributed by atoms with Crippen LogP contribution < -0.4 is 21.3 Å². The number of benzene rings is 2. The topological polar surface area (TPSA) is 108 Å². The molecule has 178 valence electrons. The van der Waals surface area contributed by atoms with Gasteiger partial charge in [0, 0.05) is 24.9 Å². The van der Waals surface area contributed by atoms with Crippen LogP contribution in [0.1, 0.15) is 27.3 Å². The zero-order valence-corrected chi connectivity index (χ0v) is 19.5. The Morgan fingerprint density at radius 1 is 1.00 bits per heavy atom. The Kier molecular flexibility index (Phi) is 7.15. The normalized spacial score (nSPS) is 10.7. The first-order valence-electron chi connectivity index (χ1n) is 11.1. The van der Waals surface area contributed by atoms with Gasteiger partial charge >= 0.3 is 5.69 Å². The van der Waals surface area contributed by atoms with Gasteiger partial charge in [0.25, 0.3) is 11.5 Å². The zero-order valence-electron chi connectivity index (χ0n) is 19.5. The van der Waals surface area contributed by atoms with Gasteiger partial charge in [0.2, 0.25) is 5.69 Å². The van der Waals surface area contributed by atoms with E-state index in [1.54, 1.807) is 30.5 Å². The Morgan fingerprint density at radius 2 is 1.74 bits per heavy atom. The van der Waals surface area contributed by atoms with Crippen LogP contribution in [0.4, 0.5) is 0 Å². The van der Waals surface area contributed by atoms with Crippen molar-refractivity contribution in [2.24, 2.45) is 0 Å². The van der Waals surface area contributed by atoms with E-state index in [1.807, 2.05) is 49.4 Å². The van der Waals surface area contributed by atoms with Gasteiger partial charge in [0.1, 0.15) is 5.75 Å². The lowest BCUT2D eigenvalue weighted by atomic mass is 10.1. The molecular formula is C26H25N5O4. The summed E-state index contributed by atoms with van der Waals surface area (Å²) in [4.78, 5) is 43.7. The number of hydrogen-bond donors (Lipinski definition) is 1. The van der Waals surface area contributed by atoms with E-state index in [4.69, 9.17) is 4.74 Å². The average molecular weight is 472 g/mol. The van der Waals surface area contributed by atoms with E-state index in [1.165, 1.54) is 7.11 Å². The van der Waals surface area contributed by atoms with Crippen LogP contribution in [0.25, 0.3) is 5.69 Å². The molecule has 0 aliphatic heterocycles. The van der Waals surface area contributed by atoms with Crippen molar-refractivity contribution in [3.05, 3.63) is 116 Å². The number of ether oxygens (including phenoxy) is 1. The smallest absolute Gasteiger partial charge is 0.352 e. The number of rotatable bonds is 8. The first-order valence-corrected chi connectivity index (χ1v) is 11.1. The molecule has 35 heavy (non-hydrogen) atoms. The van der Waals surface area contributed by atoms with Crippen LogP contribution in [0, 0.1) is 6.92 Å². The summed E-state index contributed by atoms with van der Waals surface area (Å²) in [5.41, 5.74) is 1.25. The Hall–Kier alpha value is -4.53. The van der Waals surface area contributed by atoms with Crippen LogP contribution >= 0.6 is 0 Å². The zero-order chi connectivity index (χ0) is 24.8. The number of hydrogen-bond acceptors (Lipinski definition) is 6. The van der Waals surface area contributed by atoms with E-state index in [2.05, 4.69) is 15.4 Å². The molecule has 0 radical (unpaired) electrons. The van der Waals surface area contributed by atoms with Crippen molar-refractivity contribution >= 4 is 5.91 Å². The molecule has 0 atom stereocenters. The highest BCUT2D eigenvalue weighted by Crippen LogP contribution is 2.13. The van der Waals surface area contributed by atoms with Gasteiger partial charge in [-0.15, -0.1) is 0 Å². The molecule has 0 unspecified atom stereocenters. The first-order chi connectivity index (χ1) is 17.0. The monoisotopic (exact) mass is 471 g/mol. The molecule has 2 aromatic heterocycles. The number of carbonyl (C=O) groups excluding carboxylic acids is 1. The van der Waals surface area contributed by atoms with E-state index in [-0.39, 0.29) is 18.8 Å². The SMILES string of the molecule is COc1ccc(-n2nc(C(=O)NCCc3ccccn3)c(=O)n(Cc3ccc(C)cc3)c2=O)cc1. The van der Waals surface area contributed by atoms with Gasteiger partial charge in [-0.25, -0.2) is 4.79 Å². The average Bonchev–Trinajstić information content (AvgIpc) is 2.88. The Balaban J connectivity index is 1.71. The minimum absolute atomic E-state index is 0.00480. The molecule has 0 aliphatic carbocycles. The second-order valence-electron chi connectivity index (χ2n) is 7.94. The van der Waals surface area contributed by atoms with Gasteiger partial charge in [0.05, 0.1) is 19.3 Å². The summed E-state index contributed by atoms with van der Waals surface area (Å²) in [7, 11) is 1.54. The van der Waals surface area contributed by atoms with Crippen LogP contribution in [0.3, 0.4) is 0 Å².